The highest BCUT2D eigenvalue weighted by atomic mass is 35.5. The van der Waals surface area contributed by atoms with Crippen molar-refractivity contribution in [1.82, 2.24) is 15.0 Å². The van der Waals surface area contributed by atoms with Gasteiger partial charge >= 0.3 is 6.18 Å². The zero-order valence-corrected chi connectivity index (χ0v) is 9.82. The summed E-state index contributed by atoms with van der Waals surface area (Å²) in [6, 6.07) is 1.34. The van der Waals surface area contributed by atoms with Gasteiger partial charge in [0.25, 0.3) is 0 Å². The first-order valence-electron chi connectivity index (χ1n) is 4.92. The van der Waals surface area contributed by atoms with E-state index in [4.69, 9.17) is 11.6 Å². The van der Waals surface area contributed by atoms with Gasteiger partial charge in [0.05, 0.1) is 11.2 Å². The summed E-state index contributed by atoms with van der Waals surface area (Å²) in [6.45, 7) is 3.64. The van der Waals surface area contributed by atoms with Crippen LogP contribution in [0.5, 0.6) is 0 Å². The first kappa shape index (κ1) is 12.2. The molecule has 2 aromatic heterocycles. The van der Waals surface area contributed by atoms with Gasteiger partial charge in [0.15, 0.2) is 0 Å². The van der Waals surface area contributed by atoms with E-state index in [1.54, 1.807) is 0 Å². The molecular weight excluding hydrogens is 255 g/mol. The van der Waals surface area contributed by atoms with Crippen LogP contribution in [-0.2, 0) is 6.18 Å². The molecule has 2 aromatic rings. The molecule has 0 atom stereocenters. The van der Waals surface area contributed by atoms with Gasteiger partial charge in [-0.1, -0.05) is 25.4 Å². The maximum Gasteiger partial charge on any atom is 0.449 e. The number of fused-ring (bicyclic) bond motifs is 1. The monoisotopic (exact) mass is 263 g/mol. The van der Waals surface area contributed by atoms with E-state index in [0.29, 0.717) is 5.69 Å². The number of alkyl halides is 3. The predicted octanol–water partition coefficient (Wildman–Crippen LogP) is 3.75. The molecule has 0 aliphatic rings. The van der Waals surface area contributed by atoms with Crippen LogP contribution in [0.3, 0.4) is 0 Å². The molecule has 0 saturated carbocycles. The highest BCUT2D eigenvalue weighted by molar-refractivity contribution is 6.30. The number of aromatic nitrogens is 3. The van der Waals surface area contributed by atoms with Crippen molar-refractivity contribution in [3.63, 3.8) is 0 Å². The molecule has 1 N–H and O–H groups in total. The van der Waals surface area contributed by atoms with Gasteiger partial charge in [-0.15, -0.1) is 0 Å². The molecule has 0 spiro atoms. The Labute approximate surface area is 100 Å². The summed E-state index contributed by atoms with van der Waals surface area (Å²) >= 11 is 5.75. The van der Waals surface area contributed by atoms with Crippen molar-refractivity contribution in [2.24, 2.45) is 0 Å². The Morgan fingerprint density at radius 3 is 2.47 bits per heavy atom. The topological polar surface area (TPSA) is 41.6 Å². The highest BCUT2D eigenvalue weighted by Crippen LogP contribution is 2.31. The van der Waals surface area contributed by atoms with Crippen LogP contribution in [-0.4, -0.2) is 15.0 Å². The Kier molecular flexibility index (Phi) is 2.77. The van der Waals surface area contributed by atoms with E-state index in [-0.39, 0.29) is 22.1 Å². The number of imidazole rings is 1. The molecule has 0 aliphatic heterocycles. The first-order valence-corrected chi connectivity index (χ1v) is 5.30. The molecular formula is C10H9ClF3N3. The number of rotatable bonds is 1. The first-order chi connectivity index (χ1) is 7.79. The lowest BCUT2D eigenvalue weighted by atomic mass is 10.1. The molecule has 92 valence electrons. The van der Waals surface area contributed by atoms with Crippen LogP contribution in [0.2, 0.25) is 5.15 Å². The third kappa shape index (κ3) is 2.22. The number of halogens is 4. The van der Waals surface area contributed by atoms with Crippen molar-refractivity contribution in [3.05, 3.63) is 22.7 Å². The molecule has 0 aliphatic carbocycles. The fourth-order valence-corrected chi connectivity index (χ4v) is 1.74. The third-order valence-electron chi connectivity index (χ3n) is 2.28. The summed E-state index contributed by atoms with van der Waals surface area (Å²) in [5, 5.41) is 0.151. The number of hydrogen-bond donors (Lipinski definition) is 1. The summed E-state index contributed by atoms with van der Waals surface area (Å²) in [5.41, 5.74) is 0.928. The van der Waals surface area contributed by atoms with Crippen molar-refractivity contribution in [3.8, 4) is 0 Å². The normalized spacial score (nSPS) is 12.6. The lowest BCUT2D eigenvalue weighted by Crippen LogP contribution is -2.07. The molecule has 0 amide bonds. The van der Waals surface area contributed by atoms with Crippen molar-refractivity contribution in [1.29, 1.82) is 0 Å². The second-order valence-corrected chi connectivity index (χ2v) is 4.35. The Balaban J connectivity index is 2.72. The summed E-state index contributed by atoms with van der Waals surface area (Å²) in [7, 11) is 0. The van der Waals surface area contributed by atoms with Gasteiger partial charge in [0.1, 0.15) is 10.7 Å². The molecule has 0 fully saturated rings. The summed E-state index contributed by atoms with van der Waals surface area (Å²) in [5.74, 6) is -1.08. The molecule has 0 aromatic carbocycles. The fourth-order valence-electron chi connectivity index (χ4n) is 1.54. The average Bonchev–Trinajstić information content (AvgIpc) is 2.58. The Morgan fingerprint density at radius 1 is 1.29 bits per heavy atom. The minimum Gasteiger partial charge on any atom is -0.334 e. The quantitative estimate of drug-likeness (QED) is 0.796. The minimum atomic E-state index is -4.50. The third-order valence-corrected chi connectivity index (χ3v) is 2.47. The van der Waals surface area contributed by atoms with Crippen LogP contribution in [0.15, 0.2) is 6.07 Å². The second kappa shape index (κ2) is 3.87. The van der Waals surface area contributed by atoms with Gasteiger partial charge < -0.3 is 4.98 Å². The predicted molar refractivity (Wildman–Crippen MR) is 58.0 cm³/mol. The van der Waals surface area contributed by atoms with Crippen molar-refractivity contribution < 1.29 is 13.2 Å². The maximum absolute atomic E-state index is 12.5. The number of hydrogen-bond acceptors (Lipinski definition) is 2. The summed E-state index contributed by atoms with van der Waals surface area (Å²) in [4.78, 5) is 9.77. The lowest BCUT2D eigenvalue weighted by Gasteiger charge is -2.04. The number of nitrogens with zero attached hydrogens (tertiary/aromatic N) is 2. The highest BCUT2D eigenvalue weighted by Gasteiger charge is 2.35. The molecule has 0 bridgehead atoms. The Morgan fingerprint density at radius 2 is 1.94 bits per heavy atom. The summed E-state index contributed by atoms with van der Waals surface area (Å²) < 4.78 is 37.5. The lowest BCUT2D eigenvalue weighted by molar-refractivity contribution is -0.144. The SMILES string of the molecule is CC(C)c1nc(Cl)cc2[nH]c(C(F)(F)F)nc12. The van der Waals surface area contributed by atoms with E-state index in [2.05, 4.69) is 15.0 Å². The van der Waals surface area contributed by atoms with Gasteiger partial charge in [0, 0.05) is 6.07 Å². The van der Waals surface area contributed by atoms with Crippen LogP contribution in [0.4, 0.5) is 13.2 Å². The molecule has 3 nitrogen and oxygen atoms in total. The fraction of sp³-hybridized carbons (Fsp3) is 0.400. The van der Waals surface area contributed by atoms with Crippen LogP contribution in [0.1, 0.15) is 31.3 Å². The van der Waals surface area contributed by atoms with Crippen molar-refractivity contribution >= 4 is 22.6 Å². The Hall–Kier alpha value is -1.30. The Bertz CT molecular complexity index is 560. The minimum absolute atomic E-state index is 0.0550. The van der Waals surface area contributed by atoms with Crippen LogP contribution in [0.25, 0.3) is 11.0 Å². The summed E-state index contributed by atoms with van der Waals surface area (Å²) in [6.07, 6.45) is -4.50. The van der Waals surface area contributed by atoms with E-state index < -0.39 is 12.0 Å². The molecule has 0 saturated heterocycles. The van der Waals surface area contributed by atoms with E-state index >= 15 is 0 Å². The number of aromatic amines is 1. The van der Waals surface area contributed by atoms with Crippen molar-refractivity contribution in [2.45, 2.75) is 25.9 Å². The van der Waals surface area contributed by atoms with E-state index in [0.717, 1.165) is 0 Å². The molecule has 7 heteroatoms. The van der Waals surface area contributed by atoms with Crippen molar-refractivity contribution in [2.75, 3.05) is 0 Å². The van der Waals surface area contributed by atoms with Crippen LogP contribution >= 0.6 is 11.6 Å². The second-order valence-electron chi connectivity index (χ2n) is 3.96. The maximum atomic E-state index is 12.5. The van der Waals surface area contributed by atoms with Gasteiger partial charge in [-0.05, 0) is 5.92 Å². The molecule has 2 heterocycles. The van der Waals surface area contributed by atoms with Gasteiger partial charge in [-0.25, -0.2) is 9.97 Å². The number of nitrogens with one attached hydrogen (secondary N) is 1. The van der Waals surface area contributed by atoms with Crippen LogP contribution < -0.4 is 0 Å². The zero-order chi connectivity index (χ0) is 12.8. The number of pyridine rings is 1. The van der Waals surface area contributed by atoms with Crippen LogP contribution in [0, 0.1) is 0 Å². The molecule has 0 unspecified atom stereocenters. The van der Waals surface area contributed by atoms with Gasteiger partial charge in [0.2, 0.25) is 5.82 Å². The van der Waals surface area contributed by atoms with Gasteiger partial charge in [-0.2, -0.15) is 13.2 Å². The standard InChI is InChI=1S/C10H9ClF3N3/c1-4(2)7-8-5(3-6(11)16-7)15-9(17-8)10(12,13)14/h3-4H,1-2H3,(H,15,17). The molecule has 2 rings (SSSR count). The van der Waals surface area contributed by atoms with E-state index in [9.17, 15) is 13.2 Å². The van der Waals surface area contributed by atoms with E-state index in [1.807, 2.05) is 13.8 Å². The largest absolute Gasteiger partial charge is 0.449 e. The van der Waals surface area contributed by atoms with E-state index in [1.165, 1.54) is 6.07 Å². The molecule has 0 radical (unpaired) electrons. The zero-order valence-electron chi connectivity index (χ0n) is 9.06. The average molecular weight is 264 g/mol. The number of H-pyrrole nitrogens is 1. The smallest absolute Gasteiger partial charge is 0.334 e. The molecule has 17 heavy (non-hydrogen) atoms. The van der Waals surface area contributed by atoms with Gasteiger partial charge in [-0.3, -0.25) is 0 Å².